The molecule has 1 aromatic carbocycles. The molecule has 0 radical (unpaired) electrons. The molecular formula is C15H21ClN2O3. The number of hydrogen-bond acceptors (Lipinski definition) is 3. The number of nitrogens with zero attached hydrogens (tertiary/aromatic N) is 1. The van der Waals surface area contributed by atoms with E-state index in [4.69, 9.17) is 16.3 Å². The number of likely N-dealkylation sites (tertiary alicyclic amines) is 1. The summed E-state index contributed by atoms with van der Waals surface area (Å²) >= 11 is 6.04. The van der Waals surface area contributed by atoms with Crippen molar-refractivity contribution in [1.29, 1.82) is 0 Å². The zero-order valence-electron chi connectivity index (χ0n) is 12.3. The topological polar surface area (TPSA) is 61.8 Å². The first-order valence-corrected chi connectivity index (χ1v) is 7.47. The Hall–Kier alpha value is -1.46. The highest BCUT2D eigenvalue weighted by Gasteiger charge is 2.27. The third kappa shape index (κ3) is 3.80. The quantitative estimate of drug-likeness (QED) is 0.902. The summed E-state index contributed by atoms with van der Waals surface area (Å²) in [7, 11) is 1.52. The van der Waals surface area contributed by atoms with Crippen LogP contribution in [0.15, 0.2) is 18.2 Å². The molecule has 1 aliphatic heterocycles. The fraction of sp³-hybridized carbons (Fsp3) is 0.533. The number of aliphatic hydroxyl groups is 1. The number of carbonyl (C=O) groups excluding carboxylic acids is 1. The van der Waals surface area contributed by atoms with E-state index in [1.165, 1.54) is 7.11 Å². The van der Waals surface area contributed by atoms with Gasteiger partial charge in [-0.1, -0.05) is 17.7 Å². The van der Waals surface area contributed by atoms with Crippen LogP contribution in [-0.4, -0.2) is 42.3 Å². The summed E-state index contributed by atoms with van der Waals surface area (Å²) in [6.45, 7) is 3.02. The van der Waals surface area contributed by atoms with Crippen LogP contribution < -0.4 is 10.1 Å². The van der Waals surface area contributed by atoms with Crippen LogP contribution in [0.25, 0.3) is 0 Å². The molecule has 0 spiro atoms. The van der Waals surface area contributed by atoms with Crippen molar-refractivity contribution in [3.05, 3.63) is 23.2 Å². The maximum absolute atomic E-state index is 12.3. The van der Waals surface area contributed by atoms with Crippen molar-refractivity contribution >= 4 is 23.3 Å². The smallest absolute Gasteiger partial charge is 0.321 e. The van der Waals surface area contributed by atoms with Crippen LogP contribution in [0.2, 0.25) is 5.02 Å². The van der Waals surface area contributed by atoms with Crippen LogP contribution in [0.1, 0.15) is 19.8 Å². The summed E-state index contributed by atoms with van der Waals surface area (Å²) in [6.07, 6.45) is 1.44. The van der Waals surface area contributed by atoms with Gasteiger partial charge in [0.15, 0.2) is 5.75 Å². The number of rotatable bonds is 3. The molecule has 5 nitrogen and oxygen atoms in total. The van der Waals surface area contributed by atoms with Crippen molar-refractivity contribution in [2.45, 2.75) is 25.9 Å². The van der Waals surface area contributed by atoms with E-state index in [-0.39, 0.29) is 11.9 Å². The van der Waals surface area contributed by atoms with Gasteiger partial charge in [0, 0.05) is 19.0 Å². The standard InChI is InChI=1S/C15H21ClN2O3/c1-10(19)11-5-4-8-18(9-11)15(20)17-13-7-3-6-12(16)14(13)21-2/h3,6-7,10-11,19H,4-5,8-9H2,1-2H3,(H,17,20). The lowest BCUT2D eigenvalue weighted by atomic mass is 9.94. The van der Waals surface area contributed by atoms with Crippen molar-refractivity contribution in [3.8, 4) is 5.75 Å². The van der Waals surface area contributed by atoms with E-state index in [0.717, 1.165) is 12.8 Å². The first-order chi connectivity index (χ1) is 10.0. The number of aliphatic hydroxyl groups excluding tert-OH is 1. The largest absolute Gasteiger partial charge is 0.493 e. The molecule has 2 rings (SSSR count). The summed E-state index contributed by atoms with van der Waals surface area (Å²) in [5.74, 6) is 0.586. The molecular weight excluding hydrogens is 292 g/mol. The first-order valence-electron chi connectivity index (χ1n) is 7.09. The van der Waals surface area contributed by atoms with Crippen molar-refractivity contribution < 1.29 is 14.6 Å². The lowest BCUT2D eigenvalue weighted by Gasteiger charge is -2.34. The second kappa shape index (κ2) is 7.00. The maximum Gasteiger partial charge on any atom is 0.321 e. The lowest BCUT2D eigenvalue weighted by Crippen LogP contribution is -2.44. The van der Waals surface area contributed by atoms with Crippen LogP contribution in [0.5, 0.6) is 5.75 Å². The van der Waals surface area contributed by atoms with Crippen molar-refractivity contribution in [2.75, 3.05) is 25.5 Å². The van der Waals surface area contributed by atoms with Gasteiger partial charge in [0.05, 0.1) is 23.9 Å². The monoisotopic (exact) mass is 312 g/mol. The fourth-order valence-corrected chi connectivity index (χ4v) is 2.85. The van der Waals surface area contributed by atoms with E-state index >= 15 is 0 Å². The van der Waals surface area contributed by atoms with Crippen molar-refractivity contribution in [1.82, 2.24) is 4.90 Å². The third-order valence-electron chi connectivity index (χ3n) is 3.84. The second-order valence-electron chi connectivity index (χ2n) is 5.34. The van der Waals surface area contributed by atoms with Crippen LogP contribution in [0.3, 0.4) is 0 Å². The number of urea groups is 1. The molecule has 2 N–H and O–H groups in total. The summed E-state index contributed by atoms with van der Waals surface area (Å²) in [4.78, 5) is 14.1. The zero-order valence-corrected chi connectivity index (χ0v) is 13.1. The van der Waals surface area contributed by atoms with Gasteiger partial charge in [0.1, 0.15) is 0 Å². The molecule has 2 amide bonds. The summed E-state index contributed by atoms with van der Waals surface area (Å²) < 4.78 is 5.22. The van der Waals surface area contributed by atoms with Gasteiger partial charge in [0.25, 0.3) is 0 Å². The lowest BCUT2D eigenvalue weighted by molar-refractivity contribution is 0.0766. The number of anilines is 1. The summed E-state index contributed by atoms with van der Waals surface area (Å²) in [6, 6.07) is 5.02. The number of amides is 2. The Balaban J connectivity index is 2.06. The molecule has 1 aromatic rings. The number of piperidine rings is 1. The molecule has 2 unspecified atom stereocenters. The Bertz CT molecular complexity index is 508. The highest BCUT2D eigenvalue weighted by Crippen LogP contribution is 2.32. The van der Waals surface area contributed by atoms with Gasteiger partial charge in [0.2, 0.25) is 0 Å². The van der Waals surface area contributed by atoms with Crippen molar-refractivity contribution in [2.24, 2.45) is 5.92 Å². The molecule has 0 saturated carbocycles. The molecule has 2 atom stereocenters. The Labute approximate surface area is 129 Å². The normalized spacial score (nSPS) is 20.0. The van der Waals surface area contributed by atoms with Crippen molar-refractivity contribution in [3.63, 3.8) is 0 Å². The van der Waals surface area contributed by atoms with E-state index < -0.39 is 6.10 Å². The Morgan fingerprint density at radius 3 is 3.00 bits per heavy atom. The molecule has 1 heterocycles. The molecule has 0 aromatic heterocycles. The Morgan fingerprint density at radius 1 is 1.57 bits per heavy atom. The van der Waals surface area contributed by atoms with Gasteiger partial charge in [-0.2, -0.15) is 0 Å². The molecule has 116 valence electrons. The van der Waals surface area contributed by atoms with Gasteiger partial charge >= 0.3 is 6.03 Å². The number of methoxy groups -OCH3 is 1. The number of nitrogens with one attached hydrogen (secondary N) is 1. The minimum absolute atomic E-state index is 0.130. The number of hydrogen-bond donors (Lipinski definition) is 2. The zero-order chi connectivity index (χ0) is 15.4. The van der Waals surface area contributed by atoms with E-state index in [2.05, 4.69) is 5.32 Å². The van der Waals surface area contributed by atoms with E-state index in [1.807, 2.05) is 0 Å². The van der Waals surface area contributed by atoms with Crippen LogP contribution in [0.4, 0.5) is 10.5 Å². The fourth-order valence-electron chi connectivity index (χ4n) is 2.60. The highest BCUT2D eigenvalue weighted by atomic mass is 35.5. The van der Waals surface area contributed by atoms with Gasteiger partial charge in [-0.3, -0.25) is 0 Å². The molecule has 6 heteroatoms. The second-order valence-corrected chi connectivity index (χ2v) is 5.75. The predicted molar refractivity (Wildman–Crippen MR) is 83.0 cm³/mol. The maximum atomic E-state index is 12.3. The average Bonchev–Trinajstić information content (AvgIpc) is 2.47. The minimum Gasteiger partial charge on any atom is -0.493 e. The molecule has 21 heavy (non-hydrogen) atoms. The van der Waals surface area contributed by atoms with Gasteiger partial charge in [-0.05, 0) is 31.9 Å². The van der Waals surface area contributed by atoms with E-state index in [1.54, 1.807) is 30.0 Å². The average molecular weight is 313 g/mol. The molecule has 1 aliphatic rings. The summed E-state index contributed by atoms with van der Waals surface area (Å²) in [5, 5.41) is 13.0. The SMILES string of the molecule is COc1c(Cl)cccc1NC(=O)N1CCCC(C(C)O)C1. The summed E-state index contributed by atoms with van der Waals surface area (Å²) in [5.41, 5.74) is 0.550. The van der Waals surface area contributed by atoms with E-state index in [0.29, 0.717) is 29.5 Å². The van der Waals surface area contributed by atoms with Crippen LogP contribution in [-0.2, 0) is 0 Å². The Morgan fingerprint density at radius 2 is 2.33 bits per heavy atom. The van der Waals surface area contributed by atoms with Gasteiger partial charge < -0.3 is 20.1 Å². The number of carbonyl (C=O) groups is 1. The van der Waals surface area contributed by atoms with Gasteiger partial charge in [-0.15, -0.1) is 0 Å². The minimum atomic E-state index is -0.402. The number of para-hydroxylation sites is 1. The molecule has 1 fully saturated rings. The molecule has 0 aliphatic carbocycles. The molecule has 1 saturated heterocycles. The predicted octanol–water partition coefficient (Wildman–Crippen LogP) is 2.97. The Kier molecular flexibility index (Phi) is 5.31. The highest BCUT2D eigenvalue weighted by molar-refractivity contribution is 6.32. The first kappa shape index (κ1) is 15.9. The van der Waals surface area contributed by atoms with Crippen LogP contribution in [0, 0.1) is 5.92 Å². The number of halogens is 1. The number of ether oxygens (including phenoxy) is 1. The van der Waals surface area contributed by atoms with Crippen LogP contribution >= 0.6 is 11.6 Å². The van der Waals surface area contributed by atoms with E-state index in [9.17, 15) is 9.90 Å². The third-order valence-corrected chi connectivity index (χ3v) is 4.14. The number of benzene rings is 1. The molecule has 0 bridgehead atoms. The van der Waals surface area contributed by atoms with Gasteiger partial charge in [-0.25, -0.2) is 4.79 Å².